The Bertz CT molecular complexity index is 281. The van der Waals surface area contributed by atoms with Gasteiger partial charge in [-0.25, -0.2) is 0 Å². The largest absolute Gasteiger partial charge is 0.742 e. The van der Waals surface area contributed by atoms with Crippen molar-refractivity contribution in [1.29, 1.82) is 0 Å². The first kappa shape index (κ1) is 16.4. The molecule has 0 heterocycles. The van der Waals surface area contributed by atoms with Crippen LogP contribution in [-0.4, -0.2) is 39.0 Å². The van der Waals surface area contributed by atoms with Crippen molar-refractivity contribution >= 4 is 35.3 Å². The van der Waals surface area contributed by atoms with Gasteiger partial charge in [-0.3, -0.25) is 4.79 Å². The fraction of sp³-hybridized carbons (Fsp3) is 0.875. The van der Waals surface area contributed by atoms with Crippen molar-refractivity contribution < 1.29 is 19.5 Å². The van der Waals surface area contributed by atoms with Crippen molar-refractivity contribution in [1.82, 2.24) is 5.32 Å². The van der Waals surface area contributed by atoms with Gasteiger partial charge in [0.25, 0.3) is 0 Å². The number of thioether (sulfide) groups is 1. The average molecular weight is 287 g/mol. The van der Waals surface area contributed by atoms with Crippen LogP contribution in [0.1, 0.15) is 20.3 Å². The molecule has 0 atom stereocenters. The Hall–Kier alpha value is 0.350. The van der Waals surface area contributed by atoms with Gasteiger partial charge in [-0.1, -0.05) is 0 Å². The summed E-state index contributed by atoms with van der Waals surface area (Å²) in [4.78, 5) is 39.1. The molecular formula is C8H18NO4PS2. The molecule has 0 aliphatic heterocycles. The van der Waals surface area contributed by atoms with Gasteiger partial charge in [-0.05, 0) is 13.8 Å². The second-order valence-corrected chi connectivity index (χ2v) is 9.33. The molecule has 0 aliphatic rings. The van der Waals surface area contributed by atoms with Crippen LogP contribution >= 0.6 is 18.5 Å². The van der Waals surface area contributed by atoms with E-state index in [2.05, 4.69) is 5.32 Å². The molecule has 0 saturated heterocycles. The number of nitrogens with one attached hydrogen (secondary N) is 1. The first-order chi connectivity index (χ1) is 7.16. The summed E-state index contributed by atoms with van der Waals surface area (Å²) < 4.78 is -0.250. The lowest BCUT2D eigenvalue weighted by atomic mass is 10.2. The van der Waals surface area contributed by atoms with E-state index in [-0.39, 0.29) is 10.7 Å². The van der Waals surface area contributed by atoms with Crippen molar-refractivity contribution in [2.45, 2.75) is 25.0 Å². The summed E-state index contributed by atoms with van der Waals surface area (Å²) in [6.45, 7) is -0.181. The highest BCUT2D eigenvalue weighted by Gasteiger charge is 2.25. The fourth-order valence-corrected chi connectivity index (χ4v) is 4.39. The van der Waals surface area contributed by atoms with E-state index in [1.165, 1.54) is 11.8 Å². The van der Waals surface area contributed by atoms with Crippen LogP contribution in [0.15, 0.2) is 0 Å². The van der Waals surface area contributed by atoms with Crippen LogP contribution in [-0.2, 0) is 15.7 Å². The minimum absolute atomic E-state index is 0.0223. The average Bonchev–Trinajstić information content (AvgIpc) is 2.13. The maximum atomic E-state index is 11.0. The van der Waals surface area contributed by atoms with Crippen LogP contribution < -0.4 is 10.2 Å². The summed E-state index contributed by atoms with van der Waals surface area (Å²) in [6, 6.07) is 0. The van der Waals surface area contributed by atoms with Gasteiger partial charge in [0.15, 0.2) is 16.7 Å². The minimum atomic E-state index is -4.00. The lowest BCUT2D eigenvalue weighted by molar-refractivity contribution is -0.196. The van der Waals surface area contributed by atoms with Crippen molar-refractivity contribution in [3.05, 3.63) is 0 Å². The second kappa shape index (κ2) is 6.93. The number of amides is 1. The van der Waals surface area contributed by atoms with E-state index in [0.29, 0.717) is 28.9 Å². The normalized spacial score (nSPS) is 12.4. The maximum Gasteiger partial charge on any atom is 0.313 e. The molecule has 96 valence electrons. The zero-order valence-corrected chi connectivity index (χ0v) is 12.1. The molecule has 0 saturated carbocycles. The van der Waals surface area contributed by atoms with Crippen LogP contribution in [0.2, 0.25) is 0 Å². The highest BCUT2D eigenvalue weighted by molar-refractivity contribution is 8.16. The predicted molar refractivity (Wildman–Crippen MR) is 68.8 cm³/mol. The Morgan fingerprint density at radius 3 is 2.56 bits per heavy atom. The van der Waals surface area contributed by atoms with Gasteiger partial charge < -0.3 is 20.0 Å². The van der Waals surface area contributed by atoms with Crippen LogP contribution in [0.25, 0.3) is 0 Å². The number of hydrogen-bond acceptors (Lipinski definition) is 3. The Morgan fingerprint density at radius 1 is 1.56 bits per heavy atom. The maximum absolute atomic E-state index is 11.0. The van der Waals surface area contributed by atoms with Gasteiger partial charge in [0.05, 0.1) is 4.75 Å². The van der Waals surface area contributed by atoms with Gasteiger partial charge in [-0.15, -0.1) is 11.8 Å². The molecule has 0 rings (SSSR count). The molecule has 8 heteroatoms. The van der Waals surface area contributed by atoms with Crippen LogP contribution in [0, 0.1) is 0 Å². The summed E-state index contributed by atoms with van der Waals surface area (Å²) in [5.74, 6) is 0.982. The van der Waals surface area contributed by atoms with E-state index in [9.17, 15) is 9.69 Å². The molecule has 0 spiro atoms. The lowest BCUT2D eigenvalue weighted by Crippen LogP contribution is -2.23. The summed E-state index contributed by atoms with van der Waals surface area (Å²) in [5, 5.41) is 2.53. The van der Waals surface area contributed by atoms with Gasteiger partial charge in [-0.2, -0.15) is 0 Å². The SMILES string of the molecule is CNC(=O)CCSC(C)(C)C[S+]=P([O-])(O)O. The topological polar surface area (TPSA) is 92.6 Å². The third-order valence-electron chi connectivity index (χ3n) is 1.68. The highest BCUT2D eigenvalue weighted by atomic mass is 32.5. The van der Waals surface area contributed by atoms with Gasteiger partial charge in [0.2, 0.25) is 5.91 Å². The number of hydrogen-bond donors (Lipinski definition) is 3. The number of rotatable bonds is 6. The van der Waals surface area contributed by atoms with Crippen LogP contribution in [0.3, 0.4) is 0 Å². The molecule has 0 bridgehead atoms. The molecule has 3 N–H and O–H groups in total. The molecule has 5 nitrogen and oxygen atoms in total. The molecule has 0 aromatic heterocycles. The van der Waals surface area contributed by atoms with E-state index < -0.39 is 6.72 Å². The lowest BCUT2D eigenvalue weighted by Gasteiger charge is -2.17. The van der Waals surface area contributed by atoms with Crippen LogP contribution in [0.5, 0.6) is 0 Å². The zero-order chi connectivity index (χ0) is 12.8. The van der Waals surface area contributed by atoms with Gasteiger partial charge >= 0.3 is 6.72 Å². The number of carbonyl (C=O) groups is 1. The van der Waals surface area contributed by atoms with Crippen molar-refractivity contribution in [2.24, 2.45) is 0 Å². The van der Waals surface area contributed by atoms with Crippen molar-refractivity contribution in [3.8, 4) is 0 Å². The third kappa shape index (κ3) is 9.57. The monoisotopic (exact) mass is 287 g/mol. The number of carbonyl (C=O) groups excluding carboxylic acids is 1. The first-order valence-electron chi connectivity index (χ1n) is 4.71. The summed E-state index contributed by atoms with van der Waals surface area (Å²) in [5.41, 5.74) is 0. The summed E-state index contributed by atoms with van der Waals surface area (Å²) in [7, 11) is 2.24. The van der Waals surface area contributed by atoms with E-state index in [0.717, 1.165) is 0 Å². The van der Waals surface area contributed by atoms with Gasteiger partial charge in [0.1, 0.15) is 0 Å². The standard InChI is InChI=1S/C8H18NO4PS2/c1-8(2,6-16-14(11,12)13)15-5-4-7(10)9-3/h4-6H2,1-3H3,(H3-,9,10,11,12,13). The molecule has 16 heavy (non-hydrogen) atoms. The molecule has 0 aromatic rings. The van der Waals surface area contributed by atoms with E-state index >= 15 is 0 Å². The molecular weight excluding hydrogens is 269 g/mol. The molecule has 0 radical (unpaired) electrons. The first-order valence-corrected chi connectivity index (χ1v) is 8.90. The Labute approximate surface area is 104 Å². The van der Waals surface area contributed by atoms with Crippen molar-refractivity contribution in [3.63, 3.8) is 0 Å². The smallest absolute Gasteiger partial charge is 0.313 e. The second-order valence-electron chi connectivity index (χ2n) is 3.80. The van der Waals surface area contributed by atoms with Gasteiger partial charge in [0, 0.05) is 19.2 Å². The Morgan fingerprint density at radius 2 is 2.12 bits per heavy atom. The molecule has 0 aromatic carbocycles. The summed E-state index contributed by atoms with van der Waals surface area (Å²) in [6.07, 6.45) is 0.422. The van der Waals surface area contributed by atoms with E-state index in [4.69, 9.17) is 9.79 Å². The Balaban J connectivity index is 4.02. The quantitative estimate of drug-likeness (QED) is 0.462. The summed E-state index contributed by atoms with van der Waals surface area (Å²) >= 11 is 1.54. The zero-order valence-electron chi connectivity index (χ0n) is 9.60. The van der Waals surface area contributed by atoms with Crippen LogP contribution in [0.4, 0.5) is 0 Å². The predicted octanol–water partition coefficient (Wildman–Crippen LogP) is -0.261. The van der Waals surface area contributed by atoms with E-state index in [1.54, 1.807) is 7.05 Å². The fourth-order valence-electron chi connectivity index (χ4n) is 0.826. The third-order valence-corrected chi connectivity index (χ3v) is 5.78. The minimum Gasteiger partial charge on any atom is -0.742 e. The molecule has 0 fully saturated rings. The molecule has 0 unspecified atom stereocenters. The molecule has 0 aliphatic carbocycles. The highest BCUT2D eigenvalue weighted by Crippen LogP contribution is 2.30. The Kier molecular flexibility index (Phi) is 7.09. The van der Waals surface area contributed by atoms with E-state index in [1.807, 2.05) is 13.8 Å². The van der Waals surface area contributed by atoms with Crippen molar-refractivity contribution in [2.75, 3.05) is 18.6 Å². The molecule has 1 amide bonds.